The van der Waals surface area contributed by atoms with Crippen molar-refractivity contribution in [2.24, 2.45) is 5.92 Å². The summed E-state index contributed by atoms with van der Waals surface area (Å²) in [5.41, 5.74) is 8.15. The van der Waals surface area contributed by atoms with Crippen LogP contribution in [0.15, 0.2) is 12.1 Å². The van der Waals surface area contributed by atoms with Crippen molar-refractivity contribution in [2.75, 3.05) is 17.7 Å². The molecule has 1 aromatic rings. The molecule has 16 heavy (non-hydrogen) atoms. The van der Waals surface area contributed by atoms with Crippen molar-refractivity contribution < 1.29 is 9.53 Å². The Morgan fingerprint density at radius 1 is 1.56 bits per heavy atom. The van der Waals surface area contributed by atoms with E-state index in [0.717, 1.165) is 17.7 Å². The highest BCUT2D eigenvalue weighted by Gasteiger charge is 2.22. The molecule has 0 fully saturated rings. The van der Waals surface area contributed by atoms with Gasteiger partial charge in [-0.1, -0.05) is 13.8 Å². The van der Waals surface area contributed by atoms with Crippen LogP contribution in [0.1, 0.15) is 19.4 Å². The maximum absolute atomic E-state index is 11.7. The number of nitrogen functional groups attached to an aromatic ring is 1. The molecule has 1 atom stereocenters. The summed E-state index contributed by atoms with van der Waals surface area (Å²) in [4.78, 5) is 11.7. The molecule has 0 bridgehead atoms. The summed E-state index contributed by atoms with van der Waals surface area (Å²) in [7, 11) is 0. The van der Waals surface area contributed by atoms with E-state index in [1.807, 2.05) is 19.9 Å². The maximum atomic E-state index is 11.7. The first-order valence-corrected chi connectivity index (χ1v) is 5.48. The number of amides is 1. The number of anilines is 2. The monoisotopic (exact) mass is 220 g/mol. The molecule has 1 unspecified atom stereocenters. The number of aryl methyl sites for hydroxylation is 1. The van der Waals surface area contributed by atoms with Gasteiger partial charge < -0.3 is 15.8 Å². The van der Waals surface area contributed by atoms with Gasteiger partial charge in [-0.15, -0.1) is 0 Å². The lowest BCUT2D eigenvalue weighted by atomic mass is 10.1. The van der Waals surface area contributed by atoms with Gasteiger partial charge in [0.1, 0.15) is 5.75 Å². The van der Waals surface area contributed by atoms with E-state index in [9.17, 15) is 4.79 Å². The third-order valence-electron chi connectivity index (χ3n) is 2.75. The molecule has 4 heteroatoms. The zero-order valence-corrected chi connectivity index (χ0v) is 9.54. The van der Waals surface area contributed by atoms with Crippen molar-refractivity contribution in [3.8, 4) is 5.75 Å². The molecule has 1 heterocycles. The van der Waals surface area contributed by atoms with E-state index < -0.39 is 0 Å². The van der Waals surface area contributed by atoms with Gasteiger partial charge in [-0.25, -0.2) is 0 Å². The second-order valence-corrected chi connectivity index (χ2v) is 4.11. The molecule has 1 aliphatic rings. The van der Waals surface area contributed by atoms with Crippen molar-refractivity contribution >= 4 is 17.3 Å². The predicted molar refractivity (Wildman–Crippen MR) is 63.5 cm³/mol. The largest absolute Gasteiger partial charge is 0.490 e. The van der Waals surface area contributed by atoms with Gasteiger partial charge >= 0.3 is 0 Å². The van der Waals surface area contributed by atoms with Crippen LogP contribution in [0.25, 0.3) is 0 Å². The first kappa shape index (κ1) is 10.8. The quantitative estimate of drug-likeness (QED) is 0.709. The molecule has 1 aliphatic heterocycles. The number of ether oxygens (including phenoxy) is 1. The molecule has 2 rings (SSSR count). The van der Waals surface area contributed by atoms with Gasteiger partial charge in [0.25, 0.3) is 0 Å². The molecule has 0 aliphatic carbocycles. The van der Waals surface area contributed by atoms with Gasteiger partial charge in [0.05, 0.1) is 18.2 Å². The third-order valence-corrected chi connectivity index (χ3v) is 2.75. The van der Waals surface area contributed by atoms with Crippen LogP contribution in [0.3, 0.4) is 0 Å². The van der Waals surface area contributed by atoms with E-state index in [0.29, 0.717) is 18.0 Å². The lowest BCUT2D eigenvalue weighted by Gasteiger charge is -2.12. The Kier molecular flexibility index (Phi) is 2.73. The molecule has 3 N–H and O–H groups in total. The molecule has 4 nitrogen and oxygen atoms in total. The molecule has 0 saturated heterocycles. The Labute approximate surface area is 94.8 Å². The summed E-state index contributed by atoms with van der Waals surface area (Å²) in [6.45, 7) is 4.29. The Balaban J connectivity index is 2.48. The molecule has 0 aromatic heterocycles. The van der Waals surface area contributed by atoms with E-state index in [4.69, 9.17) is 10.5 Å². The van der Waals surface area contributed by atoms with Gasteiger partial charge in [-0.3, -0.25) is 4.79 Å². The molecule has 0 spiro atoms. The lowest BCUT2D eigenvalue weighted by Crippen LogP contribution is -2.22. The topological polar surface area (TPSA) is 64.3 Å². The highest BCUT2D eigenvalue weighted by molar-refractivity contribution is 5.95. The SMILES string of the molecule is CCc1cc(N)cc2c1OCC(C)C(=O)N2. The number of benzene rings is 1. The van der Waals surface area contributed by atoms with Crippen molar-refractivity contribution in [2.45, 2.75) is 20.3 Å². The standard InChI is InChI=1S/C12H16N2O2/c1-3-8-4-9(13)5-10-11(8)16-6-7(2)12(15)14-10/h4-5,7H,3,6,13H2,1-2H3,(H,14,15). The van der Waals surface area contributed by atoms with Gasteiger partial charge in [-0.2, -0.15) is 0 Å². The van der Waals surface area contributed by atoms with E-state index in [-0.39, 0.29) is 11.8 Å². The van der Waals surface area contributed by atoms with Gasteiger partial charge in [0, 0.05) is 5.69 Å². The first-order valence-electron chi connectivity index (χ1n) is 5.48. The summed E-state index contributed by atoms with van der Waals surface area (Å²) in [6.07, 6.45) is 0.831. The predicted octanol–water partition coefficient (Wildman–Crippen LogP) is 1.80. The number of carbonyl (C=O) groups excluding carboxylic acids is 1. The van der Waals surface area contributed by atoms with Crippen LogP contribution in [0.4, 0.5) is 11.4 Å². The average molecular weight is 220 g/mol. The molecule has 0 saturated carbocycles. The fraction of sp³-hybridized carbons (Fsp3) is 0.417. The fourth-order valence-electron chi connectivity index (χ4n) is 1.78. The normalized spacial score (nSPS) is 19.4. The number of rotatable bonds is 1. The Hall–Kier alpha value is -1.71. The Morgan fingerprint density at radius 3 is 3.00 bits per heavy atom. The molecule has 1 aromatic carbocycles. The third kappa shape index (κ3) is 1.83. The summed E-state index contributed by atoms with van der Waals surface area (Å²) in [5.74, 6) is 0.596. The number of nitrogens with two attached hydrogens (primary N) is 1. The smallest absolute Gasteiger partial charge is 0.230 e. The number of hydrogen-bond acceptors (Lipinski definition) is 3. The number of nitrogens with one attached hydrogen (secondary N) is 1. The highest BCUT2D eigenvalue weighted by atomic mass is 16.5. The van der Waals surface area contributed by atoms with Crippen LogP contribution in [0, 0.1) is 5.92 Å². The minimum absolute atomic E-state index is 0.0218. The van der Waals surface area contributed by atoms with E-state index in [1.54, 1.807) is 6.07 Å². The van der Waals surface area contributed by atoms with Crippen molar-refractivity contribution in [3.05, 3.63) is 17.7 Å². The summed E-state index contributed by atoms with van der Waals surface area (Å²) < 4.78 is 5.67. The fourth-order valence-corrected chi connectivity index (χ4v) is 1.78. The molecular formula is C12H16N2O2. The second-order valence-electron chi connectivity index (χ2n) is 4.11. The van der Waals surface area contributed by atoms with Crippen molar-refractivity contribution in [1.82, 2.24) is 0 Å². The van der Waals surface area contributed by atoms with E-state index in [2.05, 4.69) is 5.32 Å². The number of hydrogen-bond donors (Lipinski definition) is 2. The highest BCUT2D eigenvalue weighted by Crippen LogP contribution is 2.34. The Morgan fingerprint density at radius 2 is 2.31 bits per heavy atom. The van der Waals surface area contributed by atoms with Gasteiger partial charge in [0.2, 0.25) is 5.91 Å². The number of fused-ring (bicyclic) bond motifs is 1. The zero-order chi connectivity index (χ0) is 11.7. The van der Waals surface area contributed by atoms with Gasteiger partial charge in [0.15, 0.2) is 0 Å². The summed E-state index contributed by atoms with van der Waals surface area (Å²) >= 11 is 0. The minimum Gasteiger partial charge on any atom is -0.490 e. The first-order chi connectivity index (χ1) is 7.61. The van der Waals surface area contributed by atoms with Crippen LogP contribution >= 0.6 is 0 Å². The van der Waals surface area contributed by atoms with Gasteiger partial charge in [-0.05, 0) is 24.1 Å². The van der Waals surface area contributed by atoms with Crippen molar-refractivity contribution in [3.63, 3.8) is 0 Å². The van der Waals surface area contributed by atoms with Crippen LogP contribution in [-0.4, -0.2) is 12.5 Å². The molecule has 0 radical (unpaired) electrons. The zero-order valence-electron chi connectivity index (χ0n) is 9.54. The van der Waals surface area contributed by atoms with Crippen LogP contribution in [0.5, 0.6) is 5.75 Å². The molecular weight excluding hydrogens is 204 g/mol. The summed E-state index contributed by atoms with van der Waals surface area (Å²) in [6, 6.07) is 3.63. The van der Waals surface area contributed by atoms with Crippen LogP contribution in [0.2, 0.25) is 0 Å². The molecule has 1 amide bonds. The van der Waals surface area contributed by atoms with E-state index in [1.165, 1.54) is 0 Å². The van der Waals surface area contributed by atoms with Crippen LogP contribution < -0.4 is 15.8 Å². The summed E-state index contributed by atoms with van der Waals surface area (Å²) in [5, 5.41) is 2.84. The van der Waals surface area contributed by atoms with E-state index >= 15 is 0 Å². The minimum atomic E-state index is -0.140. The average Bonchev–Trinajstić information content (AvgIpc) is 2.38. The van der Waals surface area contributed by atoms with Crippen molar-refractivity contribution in [1.29, 1.82) is 0 Å². The van der Waals surface area contributed by atoms with Crippen LogP contribution in [-0.2, 0) is 11.2 Å². The molecule has 86 valence electrons. The maximum Gasteiger partial charge on any atom is 0.230 e. The second kappa shape index (κ2) is 4.04. The lowest BCUT2D eigenvalue weighted by molar-refractivity contribution is -0.119. The number of carbonyl (C=O) groups is 1. The Bertz CT molecular complexity index is 429.